The van der Waals surface area contributed by atoms with Gasteiger partial charge >= 0.3 is 0 Å². The van der Waals surface area contributed by atoms with Crippen molar-refractivity contribution in [2.45, 2.75) is 31.7 Å². The molecule has 0 radical (unpaired) electrons. The molecular weight excluding hydrogens is 362 g/mol. The van der Waals surface area contributed by atoms with E-state index in [9.17, 15) is 5.11 Å². The van der Waals surface area contributed by atoms with Crippen LogP contribution in [-0.2, 0) is 0 Å². The Morgan fingerprint density at radius 1 is 1.00 bits per heavy atom. The maximum atomic E-state index is 9.54. The molecule has 2 heterocycles. The summed E-state index contributed by atoms with van der Waals surface area (Å²) in [5.74, 6) is 1.30. The fourth-order valence-electron chi connectivity index (χ4n) is 3.22. The first-order chi connectivity index (χ1) is 13.2. The third-order valence-electron chi connectivity index (χ3n) is 4.56. The molecule has 0 aliphatic heterocycles. The molecule has 1 aliphatic rings. The lowest BCUT2D eigenvalue weighted by molar-refractivity contribution is 0.475. The molecule has 3 N–H and O–H groups in total. The van der Waals surface area contributed by atoms with Crippen molar-refractivity contribution in [2.24, 2.45) is 0 Å². The van der Waals surface area contributed by atoms with E-state index in [1.807, 2.05) is 24.3 Å². The van der Waals surface area contributed by atoms with Crippen LogP contribution in [0.15, 0.2) is 48.7 Å². The topological polar surface area (TPSA) is 83.0 Å². The largest absolute Gasteiger partial charge is 0.508 e. The normalized spacial score (nSPS) is 14.3. The van der Waals surface area contributed by atoms with E-state index in [-0.39, 0.29) is 5.75 Å². The zero-order valence-corrected chi connectivity index (χ0v) is 15.4. The summed E-state index contributed by atoms with van der Waals surface area (Å²) in [6, 6.07) is 12.7. The highest BCUT2D eigenvalue weighted by molar-refractivity contribution is 6.33. The number of benzene rings is 1. The van der Waals surface area contributed by atoms with Gasteiger partial charge in [-0.05, 0) is 37.1 Å². The molecule has 2 aromatic heterocycles. The fourth-order valence-corrected chi connectivity index (χ4v) is 3.44. The van der Waals surface area contributed by atoms with Crippen LogP contribution in [0.2, 0.25) is 5.02 Å². The zero-order valence-electron chi connectivity index (χ0n) is 14.7. The summed E-state index contributed by atoms with van der Waals surface area (Å²) in [5.41, 5.74) is 2.16. The van der Waals surface area contributed by atoms with E-state index in [1.54, 1.807) is 18.3 Å². The lowest BCUT2D eigenvalue weighted by atomic mass is 10.2. The molecule has 1 aromatic carbocycles. The summed E-state index contributed by atoms with van der Waals surface area (Å²) in [5, 5.41) is 16.6. The Hall–Kier alpha value is -2.86. The molecule has 0 spiro atoms. The van der Waals surface area contributed by atoms with Crippen LogP contribution < -0.4 is 10.6 Å². The molecule has 1 fully saturated rings. The van der Waals surface area contributed by atoms with Crippen LogP contribution in [0, 0.1) is 0 Å². The average Bonchev–Trinajstić information content (AvgIpc) is 3.18. The Labute approximate surface area is 162 Å². The number of hydrogen-bond acceptors (Lipinski definition) is 6. The van der Waals surface area contributed by atoms with Gasteiger partial charge in [-0.15, -0.1) is 0 Å². The average molecular weight is 382 g/mol. The third kappa shape index (κ3) is 4.28. The molecule has 27 heavy (non-hydrogen) atoms. The van der Waals surface area contributed by atoms with Crippen molar-refractivity contribution in [1.82, 2.24) is 15.0 Å². The summed E-state index contributed by atoms with van der Waals surface area (Å²) in [6.07, 6.45) is 6.45. The van der Waals surface area contributed by atoms with Crippen molar-refractivity contribution < 1.29 is 5.11 Å². The molecular formula is C20H20ClN5O. The standard InChI is InChI=1S/C20H20ClN5O/c21-15-11-14(27)8-9-16(15)24-19-12-18(17-7-3-4-10-22-17)25-20(26-19)23-13-5-1-2-6-13/h3-4,7-13,27H,1-2,5-6H2,(H2,23,24,25,26). The van der Waals surface area contributed by atoms with Crippen molar-refractivity contribution in [1.29, 1.82) is 0 Å². The third-order valence-corrected chi connectivity index (χ3v) is 4.87. The summed E-state index contributed by atoms with van der Waals surface area (Å²) in [6.45, 7) is 0. The summed E-state index contributed by atoms with van der Waals surface area (Å²) >= 11 is 6.22. The molecule has 1 saturated carbocycles. The van der Waals surface area contributed by atoms with Crippen molar-refractivity contribution in [3.63, 3.8) is 0 Å². The predicted octanol–water partition coefficient (Wildman–Crippen LogP) is 5.00. The van der Waals surface area contributed by atoms with Gasteiger partial charge in [-0.3, -0.25) is 4.98 Å². The molecule has 0 amide bonds. The van der Waals surface area contributed by atoms with Crippen LogP contribution in [0.3, 0.4) is 0 Å². The number of nitrogens with zero attached hydrogens (tertiary/aromatic N) is 3. The quantitative estimate of drug-likeness (QED) is 0.540. The number of pyridine rings is 1. The molecule has 1 aliphatic carbocycles. The summed E-state index contributed by atoms with van der Waals surface area (Å²) in [4.78, 5) is 13.6. The first kappa shape index (κ1) is 17.5. The van der Waals surface area contributed by atoms with Gasteiger partial charge in [0.1, 0.15) is 11.6 Å². The predicted molar refractivity (Wildman–Crippen MR) is 108 cm³/mol. The highest BCUT2D eigenvalue weighted by Gasteiger charge is 2.17. The molecule has 6 nitrogen and oxygen atoms in total. The number of phenolic OH excluding ortho intramolecular Hbond substituents is 1. The lowest BCUT2D eigenvalue weighted by Crippen LogP contribution is -2.17. The number of phenols is 1. The minimum atomic E-state index is 0.117. The molecule has 0 atom stereocenters. The van der Waals surface area contributed by atoms with E-state index in [0.29, 0.717) is 28.5 Å². The van der Waals surface area contributed by atoms with E-state index in [2.05, 4.69) is 25.6 Å². The van der Waals surface area contributed by atoms with Gasteiger partial charge < -0.3 is 15.7 Å². The smallest absolute Gasteiger partial charge is 0.225 e. The van der Waals surface area contributed by atoms with E-state index < -0.39 is 0 Å². The molecule has 3 aromatic rings. The van der Waals surface area contributed by atoms with E-state index in [1.165, 1.54) is 18.9 Å². The van der Waals surface area contributed by atoms with Gasteiger partial charge in [0.25, 0.3) is 0 Å². The Kier molecular flexibility index (Phi) is 5.07. The highest BCUT2D eigenvalue weighted by atomic mass is 35.5. The van der Waals surface area contributed by atoms with Crippen LogP contribution in [-0.4, -0.2) is 26.1 Å². The van der Waals surface area contributed by atoms with Crippen molar-refractivity contribution in [2.75, 3.05) is 10.6 Å². The van der Waals surface area contributed by atoms with Crippen LogP contribution in [0.4, 0.5) is 17.5 Å². The number of halogens is 1. The van der Waals surface area contributed by atoms with Gasteiger partial charge in [-0.2, -0.15) is 4.98 Å². The van der Waals surface area contributed by atoms with E-state index in [4.69, 9.17) is 11.6 Å². The Balaban J connectivity index is 1.68. The second-order valence-corrected chi connectivity index (χ2v) is 7.00. The second kappa shape index (κ2) is 7.80. The lowest BCUT2D eigenvalue weighted by Gasteiger charge is -2.15. The number of aromatic hydroxyl groups is 1. The monoisotopic (exact) mass is 381 g/mol. The van der Waals surface area contributed by atoms with Gasteiger partial charge in [0.05, 0.1) is 22.1 Å². The van der Waals surface area contributed by atoms with Gasteiger partial charge in [-0.1, -0.05) is 30.5 Å². The molecule has 0 unspecified atom stereocenters. The Morgan fingerprint density at radius 2 is 1.85 bits per heavy atom. The Bertz CT molecular complexity index is 929. The molecule has 7 heteroatoms. The summed E-state index contributed by atoms with van der Waals surface area (Å²) in [7, 11) is 0. The maximum Gasteiger partial charge on any atom is 0.225 e. The number of hydrogen-bond donors (Lipinski definition) is 3. The SMILES string of the molecule is Oc1ccc(Nc2cc(-c3ccccn3)nc(NC3CCCC3)n2)c(Cl)c1. The van der Waals surface area contributed by atoms with E-state index >= 15 is 0 Å². The fraction of sp³-hybridized carbons (Fsp3) is 0.250. The minimum Gasteiger partial charge on any atom is -0.508 e. The highest BCUT2D eigenvalue weighted by Crippen LogP contribution is 2.30. The number of anilines is 3. The van der Waals surface area contributed by atoms with Gasteiger partial charge in [0, 0.05) is 24.4 Å². The molecule has 0 bridgehead atoms. The van der Waals surface area contributed by atoms with Crippen LogP contribution in [0.1, 0.15) is 25.7 Å². The summed E-state index contributed by atoms with van der Waals surface area (Å²) < 4.78 is 0. The van der Waals surface area contributed by atoms with Crippen LogP contribution in [0.5, 0.6) is 5.75 Å². The minimum absolute atomic E-state index is 0.117. The van der Waals surface area contributed by atoms with Crippen molar-refractivity contribution in [3.8, 4) is 17.1 Å². The first-order valence-corrected chi connectivity index (χ1v) is 9.38. The van der Waals surface area contributed by atoms with Gasteiger partial charge in [0.15, 0.2) is 0 Å². The number of rotatable bonds is 5. The van der Waals surface area contributed by atoms with Crippen LogP contribution in [0.25, 0.3) is 11.4 Å². The number of nitrogens with one attached hydrogen (secondary N) is 2. The number of aromatic nitrogens is 3. The second-order valence-electron chi connectivity index (χ2n) is 6.59. The van der Waals surface area contributed by atoms with Crippen molar-refractivity contribution >= 4 is 29.1 Å². The molecule has 4 rings (SSSR count). The Morgan fingerprint density at radius 3 is 2.59 bits per heavy atom. The van der Waals surface area contributed by atoms with Gasteiger partial charge in [-0.25, -0.2) is 4.98 Å². The van der Waals surface area contributed by atoms with E-state index in [0.717, 1.165) is 24.2 Å². The van der Waals surface area contributed by atoms with Gasteiger partial charge in [0.2, 0.25) is 5.95 Å². The maximum absolute atomic E-state index is 9.54. The van der Waals surface area contributed by atoms with Crippen LogP contribution >= 0.6 is 11.6 Å². The first-order valence-electron chi connectivity index (χ1n) is 9.00. The molecule has 0 saturated heterocycles. The zero-order chi connectivity index (χ0) is 18.6. The molecule has 138 valence electrons. The van der Waals surface area contributed by atoms with Crippen molar-refractivity contribution in [3.05, 3.63) is 53.7 Å².